The Bertz CT molecular complexity index is 351. The molecule has 0 spiro atoms. The van der Waals surface area contributed by atoms with Crippen molar-refractivity contribution >= 4 is 0 Å². The van der Waals surface area contributed by atoms with E-state index in [1.54, 1.807) is 0 Å². The highest BCUT2D eigenvalue weighted by Crippen LogP contribution is 2.37. The van der Waals surface area contributed by atoms with Gasteiger partial charge in [-0.1, -0.05) is 31.2 Å². The third kappa shape index (κ3) is 2.88. The fourth-order valence-electron chi connectivity index (χ4n) is 2.82. The molecule has 0 saturated carbocycles. The van der Waals surface area contributed by atoms with Crippen LogP contribution in [-0.2, 0) is 11.2 Å². The zero-order valence-corrected chi connectivity index (χ0v) is 10.9. The summed E-state index contributed by atoms with van der Waals surface area (Å²) in [5, 5.41) is 3.46. The number of ether oxygens (including phenoxy) is 1. The van der Waals surface area contributed by atoms with Gasteiger partial charge >= 0.3 is 0 Å². The van der Waals surface area contributed by atoms with Gasteiger partial charge in [0.2, 0.25) is 0 Å². The van der Waals surface area contributed by atoms with Crippen LogP contribution in [0.25, 0.3) is 0 Å². The molecule has 2 unspecified atom stereocenters. The van der Waals surface area contributed by atoms with E-state index in [2.05, 4.69) is 43.6 Å². The molecule has 2 nitrogen and oxygen atoms in total. The summed E-state index contributed by atoms with van der Waals surface area (Å²) < 4.78 is 5.61. The van der Waals surface area contributed by atoms with Crippen LogP contribution in [0.3, 0.4) is 0 Å². The first-order valence-corrected chi connectivity index (χ1v) is 6.69. The minimum Gasteiger partial charge on any atom is -0.381 e. The molecule has 1 aliphatic rings. The Morgan fingerprint density at radius 2 is 2.12 bits per heavy atom. The molecule has 17 heavy (non-hydrogen) atoms. The smallest absolute Gasteiger partial charge is 0.0469 e. The van der Waals surface area contributed by atoms with Gasteiger partial charge in [0.25, 0.3) is 0 Å². The standard InChI is InChI=1S/C15H23NO/c1-3-9-17-10-8-13-11-12-6-4-5-7-14(12)15(13)16-2/h4-7,13,15-16H,3,8-11H2,1-2H3. The van der Waals surface area contributed by atoms with Gasteiger partial charge in [-0.15, -0.1) is 0 Å². The second kappa shape index (κ2) is 6.18. The van der Waals surface area contributed by atoms with Crippen LogP contribution < -0.4 is 5.32 Å². The van der Waals surface area contributed by atoms with Crippen molar-refractivity contribution in [2.75, 3.05) is 20.3 Å². The van der Waals surface area contributed by atoms with Crippen molar-refractivity contribution in [1.82, 2.24) is 5.32 Å². The largest absolute Gasteiger partial charge is 0.381 e. The van der Waals surface area contributed by atoms with Crippen LogP contribution in [0, 0.1) is 5.92 Å². The van der Waals surface area contributed by atoms with Gasteiger partial charge in [0.15, 0.2) is 0 Å². The number of nitrogens with one attached hydrogen (secondary N) is 1. The van der Waals surface area contributed by atoms with Crippen LogP contribution in [0.1, 0.15) is 36.9 Å². The Hall–Kier alpha value is -0.860. The van der Waals surface area contributed by atoms with Crippen LogP contribution in [0.5, 0.6) is 0 Å². The zero-order valence-electron chi connectivity index (χ0n) is 10.9. The molecular formula is C15H23NO. The SMILES string of the molecule is CCCOCCC1Cc2ccccc2C1NC. The number of hydrogen-bond donors (Lipinski definition) is 1. The summed E-state index contributed by atoms with van der Waals surface area (Å²) in [6.07, 6.45) is 3.46. The average Bonchev–Trinajstić information content (AvgIpc) is 2.72. The molecule has 1 N–H and O–H groups in total. The van der Waals surface area contributed by atoms with Gasteiger partial charge in [-0.3, -0.25) is 0 Å². The summed E-state index contributed by atoms with van der Waals surface area (Å²) >= 11 is 0. The van der Waals surface area contributed by atoms with Gasteiger partial charge < -0.3 is 10.1 Å². The highest BCUT2D eigenvalue weighted by atomic mass is 16.5. The van der Waals surface area contributed by atoms with E-state index in [1.807, 2.05) is 0 Å². The van der Waals surface area contributed by atoms with Gasteiger partial charge in [-0.25, -0.2) is 0 Å². The van der Waals surface area contributed by atoms with Crippen LogP contribution in [0.4, 0.5) is 0 Å². The predicted molar refractivity (Wildman–Crippen MR) is 71.2 cm³/mol. The summed E-state index contributed by atoms with van der Waals surface area (Å²) in [4.78, 5) is 0. The Morgan fingerprint density at radius 1 is 1.29 bits per heavy atom. The van der Waals surface area contributed by atoms with Crippen molar-refractivity contribution in [2.45, 2.75) is 32.2 Å². The first-order chi connectivity index (χ1) is 8.36. The highest BCUT2D eigenvalue weighted by molar-refractivity contribution is 5.35. The molecular weight excluding hydrogens is 210 g/mol. The van der Waals surface area contributed by atoms with E-state index in [9.17, 15) is 0 Å². The second-order valence-corrected chi connectivity index (χ2v) is 4.83. The zero-order chi connectivity index (χ0) is 12.1. The third-order valence-electron chi connectivity index (χ3n) is 3.64. The van der Waals surface area contributed by atoms with E-state index in [0.29, 0.717) is 12.0 Å². The van der Waals surface area contributed by atoms with Gasteiger partial charge in [0.1, 0.15) is 0 Å². The van der Waals surface area contributed by atoms with E-state index >= 15 is 0 Å². The molecule has 0 fully saturated rings. The van der Waals surface area contributed by atoms with Gasteiger partial charge in [-0.05, 0) is 43.4 Å². The summed E-state index contributed by atoms with van der Waals surface area (Å²) in [7, 11) is 2.06. The van der Waals surface area contributed by atoms with Crippen molar-refractivity contribution in [3.63, 3.8) is 0 Å². The lowest BCUT2D eigenvalue weighted by Crippen LogP contribution is -2.22. The predicted octanol–water partition coefficient (Wildman–Crippen LogP) is 2.94. The van der Waals surface area contributed by atoms with Crippen molar-refractivity contribution in [3.05, 3.63) is 35.4 Å². The monoisotopic (exact) mass is 233 g/mol. The van der Waals surface area contributed by atoms with Crippen LogP contribution in [-0.4, -0.2) is 20.3 Å². The van der Waals surface area contributed by atoms with Gasteiger partial charge in [-0.2, -0.15) is 0 Å². The number of fused-ring (bicyclic) bond motifs is 1. The number of hydrogen-bond acceptors (Lipinski definition) is 2. The summed E-state index contributed by atoms with van der Waals surface area (Å²) in [5.41, 5.74) is 2.99. The molecule has 0 bridgehead atoms. The van der Waals surface area contributed by atoms with E-state index < -0.39 is 0 Å². The first-order valence-electron chi connectivity index (χ1n) is 6.69. The summed E-state index contributed by atoms with van der Waals surface area (Å²) in [6.45, 7) is 3.94. The molecule has 2 rings (SSSR count). The fourth-order valence-corrected chi connectivity index (χ4v) is 2.82. The van der Waals surface area contributed by atoms with E-state index in [4.69, 9.17) is 4.74 Å². The topological polar surface area (TPSA) is 21.3 Å². The lowest BCUT2D eigenvalue weighted by molar-refractivity contribution is 0.116. The maximum Gasteiger partial charge on any atom is 0.0469 e. The Kier molecular flexibility index (Phi) is 4.57. The molecule has 1 aromatic carbocycles. The molecule has 0 heterocycles. The second-order valence-electron chi connectivity index (χ2n) is 4.83. The third-order valence-corrected chi connectivity index (χ3v) is 3.64. The number of benzene rings is 1. The maximum absolute atomic E-state index is 5.61. The summed E-state index contributed by atoms with van der Waals surface area (Å²) in [5.74, 6) is 0.689. The molecule has 2 atom stereocenters. The first kappa shape index (κ1) is 12.6. The normalized spacial score (nSPS) is 22.7. The van der Waals surface area contributed by atoms with Crippen molar-refractivity contribution in [3.8, 4) is 0 Å². The highest BCUT2D eigenvalue weighted by Gasteiger charge is 2.30. The molecule has 1 aromatic rings. The van der Waals surface area contributed by atoms with E-state index in [0.717, 1.165) is 26.1 Å². The van der Waals surface area contributed by atoms with Crippen molar-refractivity contribution in [2.24, 2.45) is 5.92 Å². The molecule has 0 amide bonds. The maximum atomic E-state index is 5.61. The molecule has 2 heteroatoms. The van der Waals surface area contributed by atoms with Crippen LogP contribution in [0.2, 0.25) is 0 Å². The average molecular weight is 233 g/mol. The minimum absolute atomic E-state index is 0.511. The molecule has 1 aliphatic carbocycles. The number of rotatable bonds is 6. The molecule has 0 aliphatic heterocycles. The molecule has 94 valence electrons. The fraction of sp³-hybridized carbons (Fsp3) is 0.600. The van der Waals surface area contributed by atoms with Gasteiger partial charge in [0.05, 0.1) is 0 Å². The van der Waals surface area contributed by atoms with Crippen molar-refractivity contribution in [1.29, 1.82) is 0 Å². The van der Waals surface area contributed by atoms with E-state index in [1.165, 1.54) is 17.5 Å². The Balaban J connectivity index is 1.93. The van der Waals surface area contributed by atoms with Crippen LogP contribution >= 0.6 is 0 Å². The van der Waals surface area contributed by atoms with Crippen LogP contribution in [0.15, 0.2) is 24.3 Å². The Morgan fingerprint density at radius 3 is 2.88 bits per heavy atom. The molecule has 0 aromatic heterocycles. The van der Waals surface area contributed by atoms with Crippen molar-refractivity contribution < 1.29 is 4.74 Å². The minimum atomic E-state index is 0.511. The van der Waals surface area contributed by atoms with E-state index in [-0.39, 0.29) is 0 Å². The summed E-state index contributed by atoms with van der Waals surface area (Å²) in [6, 6.07) is 9.30. The lowest BCUT2D eigenvalue weighted by Gasteiger charge is -2.19. The Labute approximate surface area is 104 Å². The molecule has 0 saturated heterocycles. The van der Waals surface area contributed by atoms with Gasteiger partial charge in [0, 0.05) is 19.3 Å². The lowest BCUT2D eigenvalue weighted by atomic mass is 9.97. The molecule has 0 radical (unpaired) electrons. The quantitative estimate of drug-likeness (QED) is 0.763.